The number of amides is 5. The van der Waals surface area contributed by atoms with Crippen LogP contribution in [0.4, 0.5) is 0 Å². The van der Waals surface area contributed by atoms with E-state index in [4.69, 9.17) is 34.8 Å². The summed E-state index contributed by atoms with van der Waals surface area (Å²) in [6.45, 7) is 12.7. The molecular formula is C102H134Cl3N11O9S2. The maximum absolute atomic E-state index is 14.2. The van der Waals surface area contributed by atoms with Gasteiger partial charge in [-0.25, -0.2) is 13.4 Å². The number of nitrogens with one attached hydrogen (secondary N) is 6. The zero-order chi connectivity index (χ0) is 89.2. The van der Waals surface area contributed by atoms with Crippen molar-refractivity contribution >= 4 is 90.8 Å². The quantitative estimate of drug-likeness (QED) is 0.0280. The minimum atomic E-state index is -3.23. The monoisotopic (exact) mass is 1830 g/mol. The third kappa shape index (κ3) is 25.0. The number of benzene rings is 6. The Morgan fingerprint density at radius 1 is 0.449 bits per heavy atom. The molecule has 16 rings (SSSR count). The van der Waals surface area contributed by atoms with Crippen LogP contribution in [0.3, 0.4) is 0 Å². The zero-order valence-electron chi connectivity index (χ0n) is 74.9. The van der Waals surface area contributed by atoms with Crippen LogP contribution in [0.1, 0.15) is 225 Å². The van der Waals surface area contributed by atoms with Gasteiger partial charge in [0.2, 0.25) is 29.5 Å². The van der Waals surface area contributed by atoms with Crippen LogP contribution in [0, 0.1) is 39.9 Å². The van der Waals surface area contributed by atoms with Crippen LogP contribution in [0.5, 0.6) is 0 Å². The highest BCUT2D eigenvalue weighted by molar-refractivity contribution is 7.92. The molecule has 6 aromatic carbocycles. The second kappa shape index (κ2) is 44.5. The molecule has 0 radical (unpaired) electrons. The van der Waals surface area contributed by atoms with E-state index in [0.717, 1.165) is 98.8 Å². The largest absolute Gasteiger partial charge is 0.345 e. The van der Waals surface area contributed by atoms with Crippen LogP contribution in [0.2, 0.25) is 15.1 Å². The Bertz CT molecular complexity index is 4960. The first kappa shape index (κ1) is 95.4. The average molecular weight is 1830 g/mol. The number of piperidine rings is 2. The first-order valence-corrected chi connectivity index (χ1v) is 51.6. The first-order valence-electron chi connectivity index (χ1n) is 47.4. The SMILES string of the molecule is CC(C)S(=O)(=O)CC1(C2CCCCC2)CCN(C(=O)[C@@H](Cc2ccc(Cl)cc2)NC(=O)[C@H]2Cc3ccccc3CN2)CC1.CC(C)S(=O)CC1(C2CCCCC2)CCN(C(=O)[C@@H](Cc2ccc(Cl)cc2)NC(=O)[C@H]2Cc3ccccc3CN2)CC1.O=C(N[C@H](Cc1ccc(Cl)cc1)C(=O)C1CCC(Cn2cncn2)(C2CCCCC2)CC1)[C@H]1Cc2ccccc2CN1. The minimum Gasteiger partial charge on any atom is -0.345 e. The van der Waals surface area contributed by atoms with Crippen molar-refractivity contribution in [1.29, 1.82) is 0 Å². The van der Waals surface area contributed by atoms with E-state index in [2.05, 4.69) is 78.4 Å². The summed E-state index contributed by atoms with van der Waals surface area (Å²) in [6.07, 6.45) is 31.6. The normalized spacial score (nSPS) is 23.1. The molecule has 1 unspecified atom stereocenters. The highest BCUT2D eigenvalue weighted by Crippen LogP contribution is 2.52. The number of halogens is 3. The molecule has 20 nitrogen and oxygen atoms in total. The number of hydrogen-bond acceptors (Lipinski definition) is 14. The van der Waals surface area contributed by atoms with Crippen LogP contribution in [0.25, 0.3) is 0 Å². The fraction of sp³-hybridized carbons (Fsp3) is 0.569. The van der Waals surface area contributed by atoms with Crippen molar-refractivity contribution in [2.45, 2.75) is 287 Å². The molecule has 4 saturated carbocycles. The van der Waals surface area contributed by atoms with Crippen molar-refractivity contribution in [3.63, 3.8) is 0 Å². The first-order chi connectivity index (χ1) is 61.3. The number of ketones is 1. The Kier molecular flexibility index (Phi) is 33.4. The topological polar surface area (TPSA) is 263 Å². The Balaban J connectivity index is 0.000000154. The van der Waals surface area contributed by atoms with Gasteiger partial charge in [0, 0.05) is 108 Å². The molecule has 684 valence electrons. The van der Waals surface area contributed by atoms with Crippen molar-refractivity contribution in [2.24, 2.45) is 39.9 Å². The maximum Gasteiger partial charge on any atom is 0.245 e. The summed E-state index contributed by atoms with van der Waals surface area (Å²) in [4.78, 5) is 91.1. The van der Waals surface area contributed by atoms with Crippen molar-refractivity contribution in [3.05, 3.63) is 223 Å². The molecule has 127 heavy (non-hydrogen) atoms. The number of nitrogens with zero attached hydrogens (tertiary/aromatic N) is 5. The Morgan fingerprint density at radius 3 is 1.16 bits per heavy atom. The van der Waals surface area contributed by atoms with Gasteiger partial charge in [0.15, 0.2) is 15.6 Å². The van der Waals surface area contributed by atoms with E-state index in [1.165, 1.54) is 98.4 Å². The van der Waals surface area contributed by atoms with Gasteiger partial charge >= 0.3 is 0 Å². The van der Waals surface area contributed by atoms with Gasteiger partial charge in [0.25, 0.3) is 0 Å². The number of fused-ring (bicyclic) bond motifs is 3. The van der Waals surface area contributed by atoms with Crippen LogP contribution < -0.4 is 31.9 Å². The number of rotatable bonds is 27. The maximum atomic E-state index is 14.2. The third-order valence-electron chi connectivity index (χ3n) is 30.2. The van der Waals surface area contributed by atoms with E-state index in [1.807, 2.05) is 132 Å². The molecular weight excluding hydrogens is 1690 g/mol. The Hall–Kier alpha value is -7.67. The standard InChI is InChI=1S/C34H42ClN5O2.C34H46ClN3O4S.C34H46ClN3O3S/c35-29-12-10-24(11-13-29)18-30(39-33(42)31-19-26-6-4-5-7-27(26)20-37-31)32(41)25-14-16-34(17-15-25,21-40-23-36-22-38-40)28-8-2-1-3-9-28;1-24(2)43(41,42)23-34(28-10-4-3-5-11-28)16-18-38(19-17-34)33(40)31(20-25-12-14-29(35)15-13-25)37-32(39)30-21-26-8-6-7-9-27(26)22-36-30;1-24(2)42(41)23-34(28-10-4-3-5-11-28)16-18-38(19-17-34)33(40)31(20-25-12-14-29(35)15-13-25)37-32(39)30-21-26-8-6-7-9-27(26)22-36-30/h4-7,10-13,22-23,25,28,30-31,37H,1-3,8-9,14-21H2,(H,39,42);6-9,12-15,24,28,30-31,36H,3-5,10-11,16-23H2,1-2H3,(H,37,39);6-9,12-15,24,28,30-31,36H,3-5,10-11,16-23H2,1-2H3,(H,37,39)/t25?,30-,31-,34?;30-,31-;30-,31-,42?/m111/s1. The summed E-state index contributed by atoms with van der Waals surface area (Å²) in [7, 11) is -4.11. The predicted octanol–water partition coefficient (Wildman–Crippen LogP) is 16.2. The van der Waals surface area contributed by atoms with E-state index in [1.54, 1.807) is 32.3 Å². The van der Waals surface area contributed by atoms with Gasteiger partial charge in [-0.15, -0.1) is 0 Å². The number of Topliss-reactive ketones (excluding diaryl/α,β-unsaturated/α-hetero) is 1. The van der Waals surface area contributed by atoms with Gasteiger partial charge in [-0.2, -0.15) is 5.10 Å². The van der Waals surface area contributed by atoms with Crippen molar-refractivity contribution in [3.8, 4) is 0 Å². The number of likely N-dealkylation sites (tertiary alicyclic amines) is 2. The number of aromatic nitrogens is 3. The van der Waals surface area contributed by atoms with Gasteiger partial charge < -0.3 is 41.7 Å². The predicted molar refractivity (Wildman–Crippen MR) is 506 cm³/mol. The molecule has 6 heterocycles. The van der Waals surface area contributed by atoms with Gasteiger partial charge in [0.05, 0.1) is 35.2 Å². The molecule has 0 spiro atoms. The van der Waals surface area contributed by atoms with E-state index in [0.29, 0.717) is 130 Å². The molecule has 25 heteroatoms. The third-order valence-corrected chi connectivity index (χ3v) is 35.3. The lowest BCUT2D eigenvalue weighted by Gasteiger charge is -2.48. The van der Waals surface area contributed by atoms with E-state index >= 15 is 0 Å². The van der Waals surface area contributed by atoms with Gasteiger partial charge in [0.1, 0.15) is 24.7 Å². The summed E-state index contributed by atoms with van der Waals surface area (Å²) in [5, 5.41) is 25.6. The fourth-order valence-electron chi connectivity index (χ4n) is 22.3. The van der Waals surface area contributed by atoms with Crippen LogP contribution in [0.15, 0.2) is 158 Å². The fourth-order valence-corrected chi connectivity index (χ4v) is 25.8. The van der Waals surface area contributed by atoms with E-state index in [-0.39, 0.29) is 80.6 Å². The summed E-state index contributed by atoms with van der Waals surface area (Å²) in [5.74, 6) is 2.08. The van der Waals surface area contributed by atoms with Gasteiger partial charge in [-0.3, -0.25) is 37.7 Å². The number of carbonyl (C=O) groups excluding carboxylic acids is 6. The molecule has 7 atom stereocenters. The van der Waals surface area contributed by atoms with Gasteiger partial charge in [-0.1, -0.05) is 216 Å². The number of hydrogen-bond donors (Lipinski definition) is 6. The number of carbonyl (C=O) groups is 6. The minimum absolute atomic E-state index is 0.0284. The summed E-state index contributed by atoms with van der Waals surface area (Å²) in [6, 6.07) is 43.9. The lowest BCUT2D eigenvalue weighted by molar-refractivity contribution is -0.139. The molecule has 6 N–H and O–H groups in total. The Labute approximate surface area is 771 Å². The number of sulfone groups is 1. The van der Waals surface area contributed by atoms with Crippen molar-refractivity contribution < 1.29 is 41.4 Å². The van der Waals surface area contributed by atoms with E-state index < -0.39 is 50.1 Å². The van der Waals surface area contributed by atoms with Gasteiger partial charge in [-0.05, 0) is 250 Å². The smallest absolute Gasteiger partial charge is 0.245 e. The van der Waals surface area contributed by atoms with Crippen LogP contribution in [-0.4, -0.2) is 157 Å². The molecule has 1 aromatic heterocycles. The lowest BCUT2D eigenvalue weighted by atomic mass is 9.59. The zero-order valence-corrected chi connectivity index (χ0v) is 78.8. The molecule has 7 aromatic rings. The highest BCUT2D eigenvalue weighted by Gasteiger charge is 2.50. The average Bonchev–Trinajstić information content (AvgIpc) is 1.65. The lowest BCUT2D eigenvalue weighted by Crippen LogP contribution is -2.58. The van der Waals surface area contributed by atoms with Crippen LogP contribution >= 0.6 is 34.8 Å². The summed E-state index contributed by atoms with van der Waals surface area (Å²) in [5.41, 5.74) is 9.90. The molecule has 0 bridgehead atoms. The molecule has 2 saturated heterocycles. The Morgan fingerprint density at radius 2 is 0.795 bits per heavy atom. The van der Waals surface area contributed by atoms with Crippen molar-refractivity contribution in [2.75, 3.05) is 37.7 Å². The molecule has 4 aliphatic carbocycles. The molecule has 5 amide bonds. The van der Waals surface area contributed by atoms with Crippen LogP contribution in [-0.2, 0) is 114 Å². The highest BCUT2D eigenvalue weighted by atomic mass is 35.5. The second-order valence-electron chi connectivity index (χ2n) is 38.8. The van der Waals surface area contributed by atoms with E-state index in [9.17, 15) is 41.4 Å². The second-order valence-corrected chi connectivity index (χ2v) is 44.7. The van der Waals surface area contributed by atoms with Crippen molar-refractivity contribution in [1.82, 2.24) is 56.5 Å². The molecule has 5 aliphatic heterocycles. The molecule has 9 aliphatic rings. The molecule has 6 fully saturated rings. The summed E-state index contributed by atoms with van der Waals surface area (Å²) >= 11 is 18.4. The summed E-state index contributed by atoms with van der Waals surface area (Å²) < 4.78 is 41.5.